The van der Waals surface area contributed by atoms with E-state index in [0.29, 0.717) is 25.3 Å². The molecule has 0 fully saturated rings. The maximum absolute atomic E-state index is 12.3. The van der Waals surface area contributed by atoms with Gasteiger partial charge >= 0.3 is 6.03 Å². The second kappa shape index (κ2) is 9.27. The van der Waals surface area contributed by atoms with E-state index in [-0.39, 0.29) is 11.1 Å². The summed E-state index contributed by atoms with van der Waals surface area (Å²) in [5.41, 5.74) is 0.479. The fraction of sp³-hybridized carbons (Fsp3) is 0.389. The molecule has 6 nitrogen and oxygen atoms in total. The molecule has 1 unspecified atom stereocenters. The van der Waals surface area contributed by atoms with Crippen LogP contribution in [-0.2, 0) is 16.9 Å². The number of amides is 2. The first kappa shape index (κ1) is 19.1. The highest BCUT2D eigenvalue weighted by molar-refractivity contribution is 8.13. The fourth-order valence-electron chi connectivity index (χ4n) is 2.50. The number of nitrogens with zero attached hydrogens (tertiary/aromatic N) is 2. The maximum Gasteiger partial charge on any atom is 0.315 e. The smallest absolute Gasteiger partial charge is 0.315 e. The van der Waals surface area contributed by atoms with Gasteiger partial charge in [0, 0.05) is 38.2 Å². The van der Waals surface area contributed by atoms with Crippen molar-refractivity contribution < 1.29 is 9.59 Å². The van der Waals surface area contributed by atoms with E-state index in [1.165, 1.54) is 11.8 Å². The molecule has 0 bridgehead atoms. The molecule has 1 aromatic heterocycles. The van der Waals surface area contributed by atoms with Crippen LogP contribution < -0.4 is 10.6 Å². The van der Waals surface area contributed by atoms with E-state index in [4.69, 9.17) is 0 Å². The Morgan fingerprint density at radius 2 is 2.04 bits per heavy atom. The van der Waals surface area contributed by atoms with Crippen molar-refractivity contribution in [3.05, 3.63) is 54.6 Å². The summed E-state index contributed by atoms with van der Waals surface area (Å²) < 4.78 is 1.90. The molecule has 0 saturated carbocycles. The zero-order valence-electron chi connectivity index (χ0n) is 14.6. The van der Waals surface area contributed by atoms with Crippen LogP contribution >= 0.6 is 11.8 Å². The zero-order valence-corrected chi connectivity index (χ0v) is 15.4. The van der Waals surface area contributed by atoms with E-state index in [9.17, 15) is 9.59 Å². The maximum atomic E-state index is 12.3. The van der Waals surface area contributed by atoms with Crippen LogP contribution in [0.2, 0.25) is 0 Å². The van der Waals surface area contributed by atoms with E-state index in [1.54, 1.807) is 19.4 Å². The lowest BCUT2D eigenvalue weighted by molar-refractivity contribution is -0.109. The van der Waals surface area contributed by atoms with E-state index < -0.39 is 5.54 Å². The Labute approximate surface area is 152 Å². The van der Waals surface area contributed by atoms with Crippen molar-refractivity contribution >= 4 is 22.9 Å². The van der Waals surface area contributed by atoms with Gasteiger partial charge in [0.2, 0.25) is 0 Å². The van der Waals surface area contributed by atoms with Crippen molar-refractivity contribution in [2.75, 3.05) is 12.3 Å². The van der Waals surface area contributed by atoms with Crippen LogP contribution in [0.4, 0.5) is 4.79 Å². The second-order valence-corrected chi connectivity index (χ2v) is 7.24. The lowest BCUT2D eigenvalue weighted by atomic mass is 9.89. The molecule has 1 atom stereocenters. The van der Waals surface area contributed by atoms with Gasteiger partial charge in [0.15, 0.2) is 5.12 Å². The van der Waals surface area contributed by atoms with Gasteiger partial charge in [-0.15, -0.1) is 0 Å². The number of rotatable bonds is 8. The molecule has 2 rings (SSSR count). The third-order valence-electron chi connectivity index (χ3n) is 3.92. The van der Waals surface area contributed by atoms with E-state index in [0.717, 1.165) is 5.56 Å². The molecular formula is C18H24N4O2S. The molecule has 1 heterocycles. The van der Waals surface area contributed by atoms with Gasteiger partial charge in [-0.1, -0.05) is 42.1 Å². The minimum absolute atomic E-state index is 0.0835. The quantitative estimate of drug-likeness (QED) is 0.759. The highest BCUT2D eigenvalue weighted by Gasteiger charge is 2.28. The summed E-state index contributed by atoms with van der Waals surface area (Å²) in [5, 5.41) is 6.02. The number of hydrogen-bond acceptors (Lipinski definition) is 4. The number of imidazole rings is 1. The molecule has 0 aliphatic rings. The standard InChI is InChI=1S/C18H24N4O2S/c1-15(23)25-13-8-18(2,16-6-4-3-5-7-16)21-17(24)20-10-12-22-11-9-19-14-22/h3-7,9,11,14H,8,10,12-13H2,1-2H3,(H2,20,21,24). The Kier molecular flexibility index (Phi) is 7.06. The average Bonchev–Trinajstić information content (AvgIpc) is 3.08. The monoisotopic (exact) mass is 360 g/mol. The van der Waals surface area contributed by atoms with Crippen LogP contribution in [-0.4, -0.2) is 33.0 Å². The highest BCUT2D eigenvalue weighted by Crippen LogP contribution is 2.26. The van der Waals surface area contributed by atoms with Crippen LogP contribution in [0, 0.1) is 0 Å². The van der Waals surface area contributed by atoms with Crippen molar-refractivity contribution in [1.82, 2.24) is 20.2 Å². The summed E-state index contributed by atoms with van der Waals surface area (Å²) in [6, 6.07) is 9.60. The van der Waals surface area contributed by atoms with E-state index in [2.05, 4.69) is 15.6 Å². The summed E-state index contributed by atoms with van der Waals surface area (Å²) in [6.07, 6.45) is 5.94. The van der Waals surface area contributed by atoms with Crippen LogP contribution in [0.5, 0.6) is 0 Å². The molecule has 0 aliphatic carbocycles. The first-order valence-corrected chi connectivity index (χ1v) is 9.19. The van der Waals surface area contributed by atoms with Gasteiger partial charge in [-0.25, -0.2) is 9.78 Å². The predicted molar refractivity (Wildman–Crippen MR) is 100 cm³/mol. The third kappa shape index (κ3) is 6.26. The van der Waals surface area contributed by atoms with Crippen molar-refractivity contribution in [3.63, 3.8) is 0 Å². The lowest BCUT2D eigenvalue weighted by Gasteiger charge is -2.31. The minimum Gasteiger partial charge on any atom is -0.336 e. The van der Waals surface area contributed by atoms with Gasteiger partial charge in [0.05, 0.1) is 11.9 Å². The number of carbonyl (C=O) groups is 2. The van der Waals surface area contributed by atoms with Gasteiger partial charge in [0.25, 0.3) is 0 Å². The summed E-state index contributed by atoms with van der Waals surface area (Å²) >= 11 is 1.28. The lowest BCUT2D eigenvalue weighted by Crippen LogP contribution is -2.49. The summed E-state index contributed by atoms with van der Waals surface area (Å²) in [7, 11) is 0. The van der Waals surface area contributed by atoms with E-state index in [1.807, 2.05) is 48.0 Å². The molecule has 7 heteroatoms. The molecule has 0 aliphatic heterocycles. The third-order valence-corrected chi connectivity index (χ3v) is 4.74. The summed E-state index contributed by atoms with van der Waals surface area (Å²) in [5.74, 6) is 0.649. The number of thioether (sulfide) groups is 1. The molecule has 2 N–H and O–H groups in total. The van der Waals surface area contributed by atoms with Crippen LogP contribution in [0.25, 0.3) is 0 Å². The first-order valence-electron chi connectivity index (χ1n) is 8.20. The topological polar surface area (TPSA) is 76.0 Å². The van der Waals surface area contributed by atoms with Crippen molar-refractivity contribution in [2.45, 2.75) is 32.4 Å². The van der Waals surface area contributed by atoms with Gasteiger partial charge in [-0.2, -0.15) is 0 Å². The van der Waals surface area contributed by atoms with Crippen molar-refractivity contribution in [3.8, 4) is 0 Å². The number of urea groups is 1. The Balaban J connectivity index is 1.94. The highest BCUT2D eigenvalue weighted by atomic mass is 32.2. The van der Waals surface area contributed by atoms with Crippen molar-refractivity contribution in [2.24, 2.45) is 0 Å². The Morgan fingerprint density at radius 3 is 2.68 bits per heavy atom. The first-order chi connectivity index (χ1) is 12.0. The molecule has 1 aromatic carbocycles. The van der Waals surface area contributed by atoms with Crippen LogP contribution in [0.1, 0.15) is 25.8 Å². The molecule has 0 saturated heterocycles. The SMILES string of the molecule is CC(=O)SCCC(C)(NC(=O)NCCn1ccnc1)c1ccccc1. The van der Waals surface area contributed by atoms with Crippen LogP contribution in [0.15, 0.2) is 49.1 Å². The number of nitrogens with one attached hydrogen (secondary N) is 2. The minimum atomic E-state index is -0.539. The predicted octanol–water partition coefficient (Wildman–Crippen LogP) is 2.77. The second-order valence-electron chi connectivity index (χ2n) is 5.97. The number of benzene rings is 1. The van der Waals surface area contributed by atoms with Gasteiger partial charge in [0.1, 0.15) is 0 Å². The Hall–Kier alpha value is -2.28. The molecule has 0 radical (unpaired) electrons. The van der Waals surface area contributed by atoms with Crippen molar-refractivity contribution in [1.29, 1.82) is 0 Å². The van der Waals surface area contributed by atoms with Gasteiger partial charge < -0.3 is 15.2 Å². The zero-order chi connectivity index (χ0) is 18.1. The van der Waals surface area contributed by atoms with Gasteiger partial charge in [-0.3, -0.25) is 4.79 Å². The summed E-state index contributed by atoms with van der Waals surface area (Å²) in [6.45, 7) is 4.71. The fourth-order valence-corrected chi connectivity index (χ4v) is 3.29. The number of carbonyl (C=O) groups excluding carboxylic acids is 2. The largest absolute Gasteiger partial charge is 0.336 e. The molecule has 134 valence electrons. The molecule has 25 heavy (non-hydrogen) atoms. The molecule has 0 spiro atoms. The molecular weight excluding hydrogens is 336 g/mol. The molecule has 2 aromatic rings. The summed E-state index contributed by atoms with van der Waals surface area (Å²) in [4.78, 5) is 27.5. The number of aromatic nitrogens is 2. The van der Waals surface area contributed by atoms with E-state index >= 15 is 0 Å². The number of hydrogen-bond donors (Lipinski definition) is 2. The average molecular weight is 360 g/mol. The van der Waals surface area contributed by atoms with Crippen LogP contribution in [0.3, 0.4) is 0 Å². The molecule has 2 amide bonds. The normalized spacial score (nSPS) is 13.0. The van der Waals surface area contributed by atoms with Gasteiger partial charge in [-0.05, 0) is 18.9 Å². The Bertz CT molecular complexity index is 676. The Morgan fingerprint density at radius 1 is 1.28 bits per heavy atom.